The highest BCUT2D eigenvalue weighted by Crippen LogP contribution is 2.30. The molecule has 33 heavy (non-hydrogen) atoms. The maximum Gasteiger partial charge on any atom is 0.416 e. The number of nitrogens with one attached hydrogen (secondary N) is 2. The van der Waals surface area contributed by atoms with E-state index in [1.807, 2.05) is 0 Å². The second kappa shape index (κ2) is 11.8. The van der Waals surface area contributed by atoms with Gasteiger partial charge in [-0.2, -0.15) is 13.2 Å². The number of carbonyl (C=O) groups excluding carboxylic acids is 1. The van der Waals surface area contributed by atoms with Gasteiger partial charge in [-0.25, -0.2) is 13.2 Å². The van der Waals surface area contributed by atoms with Crippen molar-refractivity contribution >= 4 is 23.0 Å². The number of hydrogen-bond donors (Lipinski definition) is 3. The average Bonchev–Trinajstić information content (AvgIpc) is 2.78. The van der Waals surface area contributed by atoms with E-state index in [-0.39, 0.29) is 42.9 Å². The molecule has 0 aliphatic carbocycles. The topological polar surface area (TPSA) is 67.2 Å². The first-order valence-electron chi connectivity index (χ1n) is 10.6. The van der Waals surface area contributed by atoms with Crippen LogP contribution in [0.4, 0.5) is 43.4 Å². The number of amides is 1. The van der Waals surface area contributed by atoms with Gasteiger partial charge in [-0.15, -0.1) is 0 Å². The summed E-state index contributed by atoms with van der Waals surface area (Å²) in [7, 11) is 0. The SMILES string of the molecule is CCC(F)[C@@H](F)CCCCC(=O)Nc1ccc(NCc2ccc(C(F)(F)F)cc2)c(F)c1N. The zero-order chi connectivity index (χ0) is 24.6. The summed E-state index contributed by atoms with van der Waals surface area (Å²) in [5.74, 6) is -1.25. The van der Waals surface area contributed by atoms with Crippen molar-refractivity contribution in [1.29, 1.82) is 0 Å². The van der Waals surface area contributed by atoms with Gasteiger partial charge in [-0.05, 0) is 55.5 Å². The van der Waals surface area contributed by atoms with Crippen LogP contribution in [-0.4, -0.2) is 18.3 Å². The molecule has 1 unspecified atom stereocenters. The normalized spacial score (nSPS) is 13.4. The first-order valence-corrected chi connectivity index (χ1v) is 10.6. The second-order valence-electron chi connectivity index (χ2n) is 7.67. The Morgan fingerprint density at radius 3 is 2.24 bits per heavy atom. The van der Waals surface area contributed by atoms with Crippen molar-refractivity contribution in [2.45, 2.75) is 64.1 Å². The highest BCUT2D eigenvalue weighted by molar-refractivity contribution is 5.94. The molecule has 0 saturated carbocycles. The Hall–Kier alpha value is -2.91. The molecular weight excluding hydrogens is 448 g/mol. The lowest BCUT2D eigenvalue weighted by Crippen LogP contribution is -2.17. The smallest absolute Gasteiger partial charge is 0.395 e. The maximum absolute atomic E-state index is 14.6. The summed E-state index contributed by atoms with van der Waals surface area (Å²) in [5, 5.41) is 5.25. The third-order valence-electron chi connectivity index (χ3n) is 5.13. The molecule has 0 radical (unpaired) electrons. The number of anilines is 3. The molecule has 2 atom stereocenters. The highest BCUT2D eigenvalue weighted by Gasteiger charge is 2.29. The lowest BCUT2D eigenvalue weighted by atomic mass is 10.1. The quantitative estimate of drug-likeness (QED) is 0.194. The molecule has 0 spiro atoms. The average molecular weight is 475 g/mol. The summed E-state index contributed by atoms with van der Waals surface area (Å²) in [6.07, 6.45) is -6.64. The molecule has 0 saturated heterocycles. The number of alkyl halides is 5. The molecular formula is C23H27F6N3O. The summed E-state index contributed by atoms with van der Waals surface area (Å²) in [6, 6.07) is 7.20. The van der Waals surface area contributed by atoms with Crippen molar-refractivity contribution < 1.29 is 31.1 Å². The Morgan fingerprint density at radius 1 is 1.00 bits per heavy atom. The van der Waals surface area contributed by atoms with E-state index in [9.17, 15) is 31.1 Å². The Bertz CT molecular complexity index is 918. The standard InChI is InChI=1S/C23H27F6N3O/c1-2-16(24)17(25)5-3-4-6-20(33)32-19-12-11-18(21(26)22(19)30)31-13-14-7-9-15(10-8-14)23(27,28)29/h7-12,16-17,31H,2-6,13,30H2,1H3,(H,32,33)/t16?,17-/m0/s1. The summed E-state index contributed by atoms with van der Waals surface area (Å²) < 4.78 is 79.1. The van der Waals surface area contributed by atoms with Gasteiger partial charge >= 0.3 is 6.18 Å². The lowest BCUT2D eigenvalue weighted by Gasteiger charge is -2.14. The van der Waals surface area contributed by atoms with Gasteiger partial charge in [-0.3, -0.25) is 4.79 Å². The zero-order valence-electron chi connectivity index (χ0n) is 18.1. The van der Waals surface area contributed by atoms with E-state index in [1.54, 1.807) is 6.92 Å². The number of unbranched alkanes of at least 4 members (excludes halogenated alkanes) is 1. The van der Waals surface area contributed by atoms with Crippen molar-refractivity contribution in [2.75, 3.05) is 16.4 Å². The molecule has 2 aromatic rings. The number of nitrogen functional groups attached to an aromatic ring is 1. The molecule has 0 aliphatic heterocycles. The van der Waals surface area contributed by atoms with Crippen LogP contribution in [0.1, 0.15) is 50.2 Å². The summed E-state index contributed by atoms with van der Waals surface area (Å²) in [4.78, 5) is 12.1. The molecule has 4 N–H and O–H groups in total. The van der Waals surface area contributed by atoms with Crippen molar-refractivity contribution in [3.8, 4) is 0 Å². The van der Waals surface area contributed by atoms with Gasteiger partial charge < -0.3 is 16.4 Å². The minimum Gasteiger partial charge on any atom is -0.395 e. The van der Waals surface area contributed by atoms with Crippen LogP contribution in [0.2, 0.25) is 0 Å². The monoisotopic (exact) mass is 475 g/mol. The fraction of sp³-hybridized carbons (Fsp3) is 0.435. The number of hydrogen-bond acceptors (Lipinski definition) is 3. The van der Waals surface area contributed by atoms with Crippen LogP contribution >= 0.6 is 0 Å². The van der Waals surface area contributed by atoms with Crippen LogP contribution in [-0.2, 0) is 17.5 Å². The number of carbonyl (C=O) groups is 1. The van der Waals surface area contributed by atoms with Crippen molar-refractivity contribution in [3.63, 3.8) is 0 Å². The second-order valence-corrected chi connectivity index (χ2v) is 7.67. The van der Waals surface area contributed by atoms with Gasteiger partial charge in [0, 0.05) is 13.0 Å². The minimum absolute atomic E-state index is 0.0242. The molecule has 2 aromatic carbocycles. The molecule has 0 heterocycles. The van der Waals surface area contributed by atoms with E-state index in [2.05, 4.69) is 10.6 Å². The lowest BCUT2D eigenvalue weighted by molar-refractivity contribution is -0.137. The summed E-state index contributed by atoms with van der Waals surface area (Å²) in [6.45, 7) is 1.62. The van der Waals surface area contributed by atoms with Crippen LogP contribution in [0.5, 0.6) is 0 Å². The predicted molar refractivity (Wildman–Crippen MR) is 117 cm³/mol. The van der Waals surface area contributed by atoms with Crippen molar-refractivity contribution in [2.24, 2.45) is 0 Å². The highest BCUT2D eigenvalue weighted by atomic mass is 19.4. The van der Waals surface area contributed by atoms with Gasteiger partial charge in [0.2, 0.25) is 5.91 Å². The number of benzene rings is 2. The third kappa shape index (κ3) is 7.87. The molecule has 182 valence electrons. The van der Waals surface area contributed by atoms with Crippen LogP contribution < -0.4 is 16.4 Å². The predicted octanol–water partition coefficient (Wildman–Crippen LogP) is 6.62. The number of rotatable bonds is 11. The Balaban J connectivity index is 1.87. The largest absolute Gasteiger partial charge is 0.416 e. The Morgan fingerprint density at radius 2 is 1.64 bits per heavy atom. The molecule has 0 aliphatic rings. The minimum atomic E-state index is -4.44. The molecule has 4 nitrogen and oxygen atoms in total. The fourth-order valence-corrected chi connectivity index (χ4v) is 3.12. The Labute approximate surface area is 188 Å². The zero-order valence-corrected chi connectivity index (χ0v) is 18.1. The first-order chi connectivity index (χ1) is 15.5. The van der Waals surface area contributed by atoms with E-state index in [0.29, 0.717) is 18.4 Å². The third-order valence-corrected chi connectivity index (χ3v) is 5.13. The molecule has 1 amide bonds. The molecule has 0 aromatic heterocycles. The summed E-state index contributed by atoms with van der Waals surface area (Å²) >= 11 is 0. The molecule has 10 heteroatoms. The first kappa shape index (κ1) is 26.3. The molecule has 0 fully saturated rings. The van der Waals surface area contributed by atoms with Crippen LogP contribution in [0.3, 0.4) is 0 Å². The Kier molecular flexibility index (Phi) is 9.43. The van der Waals surface area contributed by atoms with Crippen LogP contribution in [0.25, 0.3) is 0 Å². The van der Waals surface area contributed by atoms with Gasteiger partial charge in [0.15, 0.2) is 5.82 Å². The van der Waals surface area contributed by atoms with Crippen molar-refractivity contribution in [3.05, 3.63) is 53.3 Å². The van der Waals surface area contributed by atoms with Crippen LogP contribution in [0.15, 0.2) is 36.4 Å². The molecule has 2 rings (SSSR count). The van der Waals surface area contributed by atoms with Gasteiger partial charge in [0.25, 0.3) is 0 Å². The number of nitrogens with two attached hydrogens (primary N) is 1. The molecule has 0 bridgehead atoms. The fourth-order valence-electron chi connectivity index (χ4n) is 3.12. The van der Waals surface area contributed by atoms with Gasteiger partial charge in [0.05, 0.1) is 22.6 Å². The van der Waals surface area contributed by atoms with Crippen LogP contribution in [0, 0.1) is 5.82 Å². The van der Waals surface area contributed by atoms with Gasteiger partial charge in [-0.1, -0.05) is 19.1 Å². The van der Waals surface area contributed by atoms with Gasteiger partial charge in [0.1, 0.15) is 12.3 Å². The summed E-state index contributed by atoms with van der Waals surface area (Å²) in [5.41, 5.74) is 5.28. The van der Waals surface area contributed by atoms with E-state index >= 15 is 0 Å². The van der Waals surface area contributed by atoms with E-state index in [0.717, 1.165) is 12.1 Å². The maximum atomic E-state index is 14.6. The van der Waals surface area contributed by atoms with Crippen molar-refractivity contribution in [1.82, 2.24) is 0 Å². The van der Waals surface area contributed by atoms with E-state index in [1.165, 1.54) is 24.3 Å². The van der Waals surface area contributed by atoms with E-state index < -0.39 is 35.8 Å². The van der Waals surface area contributed by atoms with E-state index in [4.69, 9.17) is 5.73 Å². The number of halogens is 6.